The first-order valence-corrected chi connectivity index (χ1v) is 1.88. The van der Waals surface area contributed by atoms with Gasteiger partial charge in [-0.25, -0.2) is 0 Å². The maximum Gasteiger partial charge on any atom is 0.162 e. The topological polar surface area (TPSA) is 17.1 Å². The van der Waals surface area contributed by atoms with Gasteiger partial charge in [0, 0.05) is 18.6 Å². The molecule has 35 valence electrons. The van der Waals surface area contributed by atoms with Gasteiger partial charge in [0.25, 0.3) is 0 Å². The van der Waals surface area contributed by atoms with E-state index in [-0.39, 0.29) is 18.6 Å². The quantitative estimate of drug-likeness (QED) is 0.417. The molecule has 0 saturated carbocycles. The van der Waals surface area contributed by atoms with E-state index < -0.39 is 4.84 Å². The van der Waals surface area contributed by atoms with Crippen molar-refractivity contribution in [2.75, 3.05) is 0 Å². The Morgan fingerprint density at radius 1 is 1.50 bits per heavy atom. The molecule has 0 aromatic heterocycles. The Bertz CT molecular complexity index is 38.5. The second-order valence-corrected chi connectivity index (χ2v) is 1.63. The SMILES string of the molecule is O=CC(Cl)Cl.[V]. The summed E-state index contributed by atoms with van der Waals surface area (Å²) in [6, 6.07) is 0. The molecule has 0 aromatic rings. The smallest absolute Gasteiger partial charge is 0.162 e. The molecule has 0 N–H and O–H groups in total. The van der Waals surface area contributed by atoms with Crippen molar-refractivity contribution < 1.29 is 23.4 Å². The molecule has 0 unspecified atom stereocenters. The molecule has 0 saturated heterocycles. The van der Waals surface area contributed by atoms with E-state index in [2.05, 4.69) is 0 Å². The van der Waals surface area contributed by atoms with Crippen molar-refractivity contribution in [2.45, 2.75) is 4.84 Å². The zero-order valence-corrected chi connectivity index (χ0v) is 5.67. The van der Waals surface area contributed by atoms with Crippen LogP contribution in [0.1, 0.15) is 0 Å². The fourth-order valence-electron chi connectivity index (χ4n) is 0. The molecule has 1 nitrogen and oxygen atoms in total. The molecule has 1 radical (unpaired) electrons. The van der Waals surface area contributed by atoms with Gasteiger partial charge < -0.3 is 4.79 Å². The molecule has 0 amide bonds. The molecule has 4 heteroatoms. The summed E-state index contributed by atoms with van der Waals surface area (Å²) in [7, 11) is 0. The van der Waals surface area contributed by atoms with E-state index in [4.69, 9.17) is 23.2 Å². The second kappa shape index (κ2) is 5.83. The predicted molar refractivity (Wildman–Crippen MR) is 21.6 cm³/mol. The Hall–Kier alpha value is 0.834. The largest absolute Gasteiger partial charge is 0.300 e. The number of carbonyl (C=O) groups excluding carboxylic acids is 1. The zero-order valence-electron chi connectivity index (χ0n) is 2.77. The molecule has 0 spiro atoms. The van der Waals surface area contributed by atoms with Crippen molar-refractivity contribution >= 4 is 29.5 Å². The van der Waals surface area contributed by atoms with Gasteiger partial charge >= 0.3 is 0 Å². The summed E-state index contributed by atoms with van der Waals surface area (Å²) in [5.41, 5.74) is 0. The van der Waals surface area contributed by atoms with Crippen LogP contribution in [0.5, 0.6) is 0 Å². The Labute approximate surface area is 57.9 Å². The van der Waals surface area contributed by atoms with E-state index in [1.54, 1.807) is 0 Å². The molecule has 0 aliphatic heterocycles. The van der Waals surface area contributed by atoms with Crippen LogP contribution in [0.15, 0.2) is 0 Å². The number of carbonyl (C=O) groups is 1. The van der Waals surface area contributed by atoms with Gasteiger partial charge in [-0.3, -0.25) is 0 Å². The van der Waals surface area contributed by atoms with Crippen LogP contribution in [-0.4, -0.2) is 11.1 Å². The van der Waals surface area contributed by atoms with Gasteiger partial charge in [0.2, 0.25) is 0 Å². The summed E-state index contributed by atoms with van der Waals surface area (Å²) in [5.74, 6) is 0. The molecule has 0 aliphatic rings. The van der Waals surface area contributed by atoms with Crippen molar-refractivity contribution in [3.63, 3.8) is 0 Å². The van der Waals surface area contributed by atoms with E-state index in [1.807, 2.05) is 0 Å². The van der Waals surface area contributed by atoms with Gasteiger partial charge in [-0.2, -0.15) is 0 Å². The van der Waals surface area contributed by atoms with Crippen molar-refractivity contribution in [3.8, 4) is 0 Å². The van der Waals surface area contributed by atoms with Crippen LogP contribution < -0.4 is 0 Å². The number of hydrogen-bond donors (Lipinski definition) is 0. The van der Waals surface area contributed by atoms with E-state index in [0.717, 1.165) is 0 Å². The molecule has 6 heavy (non-hydrogen) atoms. The van der Waals surface area contributed by atoms with Crippen LogP contribution in [0.3, 0.4) is 0 Å². The summed E-state index contributed by atoms with van der Waals surface area (Å²) in [4.78, 5) is 8.39. The Kier molecular flexibility index (Phi) is 9.68. The fourth-order valence-corrected chi connectivity index (χ4v) is 0. The van der Waals surface area contributed by atoms with Crippen LogP contribution >= 0.6 is 23.2 Å². The van der Waals surface area contributed by atoms with E-state index in [9.17, 15) is 4.79 Å². The molecule has 0 rings (SSSR count). The third-order valence-electron chi connectivity index (χ3n) is 0.103. The zero-order chi connectivity index (χ0) is 4.28. The number of alkyl halides is 2. The average Bonchev–Trinajstić information content (AvgIpc) is 1.38. The number of rotatable bonds is 1. The molecular weight excluding hydrogens is 162 g/mol. The maximum absolute atomic E-state index is 9.24. The average molecular weight is 164 g/mol. The summed E-state index contributed by atoms with van der Waals surface area (Å²) in [6.45, 7) is 0. The normalized spacial score (nSPS) is 7.17. The van der Waals surface area contributed by atoms with Crippen LogP contribution in [0.2, 0.25) is 0 Å². The van der Waals surface area contributed by atoms with Gasteiger partial charge in [0.15, 0.2) is 11.1 Å². The predicted octanol–water partition coefficient (Wildman–Crippen LogP) is 0.987. The van der Waals surface area contributed by atoms with Crippen LogP contribution in [0.4, 0.5) is 0 Å². The number of aldehydes is 1. The fraction of sp³-hybridized carbons (Fsp3) is 0.500. The first kappa shape index (κ1) is 9.95. The minimum absolute atomic E-state index is 0. The molecular formula is C2H2Cl2OV. The van der Waals surface area contributed by atoms with E-state index >= 15 is 0 Å². The standard InChI is InChI=1S/C2H2Cl2O.V/c3-2(4)1-5;/h1-2H;. The minimum atomic E-state index is -0.852. The van der Waals surface area contributed by atoms with Crippen molar-refractivity contribution in [2.24, 2.45) is 0 Å². The third-order valence-corrected chi connectivity index (χ3v) is 0.309. The molecule has 0 atom stereocenters. The molecule has 0 fully saturated rings. The van der Waals surface area contributed by atoms with Gasteiger partial charge in [0.05, 0.1) is 0 Å². The Morgan fingerprint density at radius 2 is 1.67 bits per heavy atom. The van der Waals surface area contributed by atoms with Crippen molar-refractivity contribution in [3.05, 3.63) is 0 Å². The monoisotopic (exact) mass is 163 g/mol. The number of halogens is 2. The first-order valence-electron chi connectivity index (χ1n) is 1.01. The van der Waals surface area contributed by atoms with Gasteiger partial charge in [-0.05, 0) is 0 Å². The van der Waals surface area contributed by atoms with E-state index in [0.29, 0.717) is 6.29 Å². The summed E-state index contributed by atoms with van der Waals surface area (Å²) in [5, 5.41) is 0. The van der Waals surface area contributed by atoms with Crippen LogP contribution in [0, 0.1) is 0 Å². The van der Waals surface area contributed by atoms with Crippen molar-refractivity contribution in [1.29, 1.82) is 0 Å². The van der Waals surface area contributed by atoms with Gasteiger partial charge in [-0.15, -0.1) is 0 Å². The molecule has 0 aliphatic carbocycles. The Morgan fingerprint density at radius 3 is 1.67 bits per heavy atom. The summed E-state index contributed by atoms with van der Waals surface area (Å²) in [6.07, 6.45) is 0.448. The first-order chi connectivity index (χ1) is 2.27. The molecule has 0 aromatic carbocycles. The Balaban J connectivity index is 0. The van der Waals surface area contributed by atoms with Crippen LogP contribution in [0.25, 0.3) is 0 Å². The summed E-state index contributed by atoms with van der Waals surface area (Å²) >= 11 is 9.72. The molecule has 0 bridgehead atoms. The maximum atomic E-state index is 9.24. The van der Waals surface area contributed by atoms with Crippen LogP contribution in [-0.2, 0) is 23.4 Å². The number of hydrogen-bond acceptors (Lipinski definition) is 1. The minimum Gasteiger partial charge on any atom is -0.300 e. The van der Waals surface area contributed by atoms with E-state index in [1.165, 1.54) is 0 Å². The molecule has 0 heterocycles. The van der Waals surface area contributed by atoms with Crippen molar-refractivity contribution in [1.82, 2.24) is 0 Å². The third kappa shape index (κ3) is 8.85. The van der Waals surface area contributed by atoms with Gasteiger partial charge in [-0.1, -0.05) is 23.2 Å². The summed E-state index contributed by atoms with van der Waals surface area (Å²) < 4.78 is 0. The van der Waals surface area contributed by atoms with Gasteiger partial charge in [0.1, 0.15) is 0 Å². The second-order valence-electron chi connectivity index (χ2n) is 0.471.